The largest absolute Gasteiger partial charge is 0.459 e. The normalized spacial score (nSPS) is 23.9. The molecule has 4 unspecified atom stereocenters. The van der Waals surface area contributed by atoms with E-state index in [1.807, 2.05) is 31.2 Å². The van der Waals surface area contributed by atoms with Crippen LogP contribution in [0.2, 0.25) is 0 Å². The number of rotatable bonds is 3. The van der Waals surface area contributed by atoms with Crippen LogP contribution < -0.4 is 11.5 Å². The first-order chi connectivity index (χ1) is 18.7. The molecule has 2 saturated carbocycles. The molecule has 39 heavy (non-hydrogen) atoms. The summed E-state index contributed by atoms with van der Waals surface area (Å²) < 4.78 is 6.02. The molecule has 4 atom stereocenters. The second-order valence-corrected chi connectivity index (χ2v) is 11.8. The van der Waals surface area contributed by atoms with Gasteiger partial charge in [-0.15, -0.1) is 11.6 Å². The molecule has 4 N–H and O–H groups in total. The first-order valence-corrected chi connectivity index (χ1v) is 14.0. The Morgan fingerprint density at radius 1 is 0.795 bits per heavy atom. The van der Waals surface area contributed by atoms with E-state index < -0.39 is 11.8 Å². The average molecular weight is 543 g/mol. The standard InChI is InChI=1S/C32H31ClN2O4/c1-16-6-8-17(9-7-16)24-25-26(31(37)23-5-3-2-4-22(23)30(25)36)29(35)27(28(24)34)32(38)39-21-13-11-18-14-20(33)12-10-19(18)15-21/h2-9,18-21H,10-15,34-35H2,1H3. The number of nitrogens with two attached hydrogens (primary N) is 2. The molecular weight excluding hydrogens is 512 g/mol. The Morgan fingerprint density at radius 3 is 2.08 bits per heavy atom. The number of ketones is 2. The third-order valence-electron chi connectivity index (χ3n) is 8.77. The molecule has 6 nitrogen and oxygen atoms in total. The van der Waals surface area contributed by atoms with Crippen LogP contribution in [0.25, 0.3) is 11.1 Å². The fourth-order valence-electron chi connectivity index (χ4n) is 6.75. The summed E-state index contributed by atoms with van der Waals surface area (Å²) in [5.41, 5.74) is 15.8. The van der Waals surface area contributed by atoms with Gasteiger partial charge in [0.25, 0.3) is 0 Å². The van der Waals surface area contributed by atoms with E-state index in [1.54, 1.807) is 24.3 Å². The fraction of sp³-hybridized carbons (Fsp3) is 0.344. The SMILES string of the molecule is Cc1ccc(-c2c(N)c(C(=O)OC3CCC4CC(Cl)CCC4C3)c(N)c3c2C(=O)c2ccccc2C3=O)cc1. The van der Waals surface area contributed by atoms with Gasteiger partial charge in [-0.3, -0.25) is 9.59 Å². The molecule has 0 bridgehead atoms. The van der Waals surface area contributed by atoms with Crippen molar-refractivity contribution in [1.82, 2.24) is 0 Å². The zero-order chi connectivity index (χ0) is 27.4. The number of benzene rings is 3. The molecule has 2 fully saturated rings. The number of ether oxygens (including phenoxy) is 1. The third-order valence-corrected chi connectivity index (χ3v) is 9.16. The Labute approximate surface area is 232 Å². The van der Waals surface area contributed by atoms with Crippen molar-refractivity contribution in [1.29, 1.82) is 0 Å². The lowest BCUT2D eigenvalue weighted by molar-refractivity contribution is -0.000454. The van der Waals surface area contributed by atoms with Gasteiger partial charge in [0.05, 0.1) is 16.9 Å². The van der Waals surface area contributed by atoms with Crippen LogP contribution in [0, 0.1) is 18.8 Å². The quantitative estimate of drug-likeness (QED) is 0.177. The summed E-state index contributed by atoms with van der Waals surface area (Å²) in [5, 5.41) is 0.228. The number of hydrogen-bond donors (Lipinski definition) is 2. The Balaban J connectivity index is 1.44. The maximum absolute atomic E-state index is 13.8. The van der Waals surface area contributed by atoms with Crippen molar-refractivity contribution in [2.45, 2.75) is 56.9 Å². The van der Waals surface area contributed by atoms with Gasteiger partial charge in [-0.2, -0.15) is 0 Å². The number of carbonyl (C=O) groups is 3. The number of halogens is 1. The lowest BCUT2D eigenvalue weighted by Gasteiger charge is -2.40. The van der Waals surface area contributed by atoms with Crippen LogP contribution in [0.4, 0.5) is 11.4 Å². The highest BCUT2D eigenvalue weighted by molar-refractivity contribution is 6.34. The Bertz CT molecular complexity index is 1510. The van der Waals surface area contributed by atoms with Crippen molar-refractivity contribution in [3.05, 3.63) is 81.9 Å². The van der Waals surface area contributed by atoms with Crippen LogP contribution in [-0.2, 0) is 4.74 Å². The Hall–Kier alpha value is -3.64. The van der Waals surface area contributed by atoms with Crippen LogP contribution in [0.3, 0.4) is 0 Å². The number of nitrogen functional groups attached to an aromatic ring is 2. The van der Waals surface area contributed by atoms with E-state index in [0.29, 0.717) is 28.5 Å². The van der Waals surface area contributed by atoms with Gasteiger partial charge >= 0.3 is 5.97 Å². The first-order valence-electron chi connectivity index (χ1n) is 13.6. The molecule has 0 amide bonds. The van der Waals surface area contributed by atoms with Gasteiger partial charge in [-0.25, -0.2) is 4.79 Å². The highest BCUT2D eigenvalue weighted by atomic mass is 35.5. The van der Waals surface area contributed by atoms with Crippen molar-refractivity contribution in [2.24, 2.45) is 11.8 Å². The Morgan fingerprint density at radius 2 is 1.38 bits per heavy atom. The number of esters is 1. The highest BCUT2D eigenvalue weighted by Crippen LogP contribution is 2.46. The van der Waals surface area contributed by atoms with Crippen molar-refractivity contribution in [3.63, 3.8) is 0 Å². The minimum atomic E-state index is -0.658. The lowest BCUT2D eigenvalue weighted by atomic mass is 9.70. The number of aryl methyl sites for hydroxylation is 1. The van der Waals surface area contributed by atoms with Crippen LogP contribution in [0.5, 0.6) is 0 Å². The van der Waals surface area contributed by atoms with Gasteiger partial charge in [0.15, 0.2) is 11.6 Å². The van der Waals surface area contributed by atoms with Crippen molar-refractivity contribution in [2.75, 3.05) is 11.5 Å². The van der Waals surface area contributed by atoms with Gasteiger partial charge in [-0.05, 0) is 62.8 Å². The molecule has 3 aliphatic rings. The summed E-state index contributed by atoms with van der Waals surface area (Å²) in [6.07, 6.45) is 5.24. The van der Waals surface area contributed by atoms with Crippen LogP contribution in [0.15, 0.2) is 48.5 Å². The molecule has 7 heteroatoms. The fourth-order valence-corrected chi connectivity index (χ4v) is 7.10. The summed E-state index contributed by atoms with van der Waals surface area (Å²) >= 11 is 6.39. The van der Waals surface area contributed by atoms with Gasteiger partial charge < -0.3 is 16.2 Å². The second kappa shape index (κ2) is 9.83. The van der Waals surface area contributed by atoms with E-state index >= 15 is 0 Å². The van der Waals surface area contributed by atoms with Gasteiger partial charge in [0, 0.05) is 27.6 Å². The van der Waals surface area contributed by atoms with E-state index in [1.165, 1.54) is 0 Å². The van der Waals surface area contributed by atoms with Crippen LogP contribution in [0.1, 0.15) is 86.3 Å². The molecule has 3 aliphatic carbocycles. The molecule has 0 saturated heterocycles. The Kier molecular flexibility index (Phi) is 6.46. The average Bonchev–Trinajstić information content (AvgIpc) is 2.92. The van der Waals surface area contributed by atoms with Crippen molar-refractivity contribution < 1.29 is 19.1 Å². The number of carbonyl (C=O) groups excluding carboxylic acids is 3. The topological polar surface area (TPSA) is 112 Å². The third kappa shape index (κ3) is 4.31. The van der Waals surface area contributed by atoms with Gasteiger partial charge in [0.1, 0.15) is 11.7 Å². The maximum atomic E-state index is 13.8. The molecule has 0 heterocycles. The monoisotopic (exact) mass is 542 g/mol. The predicted octanol–water partition coefficient (Wildman–Crippen LogP) is 6.33. The molecular formula is C32H31ClN2O4. The van der Waals surface area contributed by atoms with Crippen molar-refractivity contribution in [3.8, 4) is 11.1 Å². The van der Waals surface area contributed by atoms with E-state index in [2.05, 4.69) is 0 Å². The number of hydrogen-bond acceptors (Lipinski definition) is 6. The summed E-state index contributed by atoms with van der Waals surface area (Å²) in [7, 11) is 0. The van der Waals surface area contributed by atoms with E-state index in [0.717, 1.165) is 44.1 Å². The molecule has 3 aromatic rings. The predicted molar refractivity (Wildman–Crippen MR) is 152 cm³/mol. The molecule has 0 aliphatic heterocycles. The van der Waals surface area contributed by atoms with E-state index in [9.17, 15) is 14.4 Å². The minimum Gasteiger partial charge on any atom is -0.459 e. The maximum Gasteiger partial charge on any atom is 0.342 e. The van der Waals surface area contributed by atoms with Gasteiger partial charge in [-0.1, -0.05) is 54.1 Å². The van der Waals surface area contributed by atoms with Crippen molar-refractivity contribution >= 4 is 40.5 Å². The second-order valence-electron chi connectivity index (χ2n) is 11.2. The zero-order valence-corrected chi connectivity index (χ0v) is 22.6. The molecule has 3 aromatic carbocycles. The molecule has 0 aromatic heterocycles. The smallest absolute Gasteiger partial charge is 0.342 e. The molecule has 200 valence electrons. The van der Waals surface area contributed by atoms with Crippen LogP contribution >= 0.6 is 11.6 Å². The summed E-state index contributed by atoms with van der Waals surface area (Å²) in [6, 6.07) is 14.1. The summed E-state index contributed by atoms with van der Waals surface area (Å²) in [5.74, 6) is -0.369. The highest BCUT2D eigenvalue weighted by Gasteiger charge is 2.40. The van der Waals surface area contributed by atoms with E-state index in [4.69, 9.17) is 27.8 Å². The number of alkyl halides is 1. The first kappa shape index (κ1) is 25.6. The number of anilines is 2. The molecule has 0 spiro atoms. The molecule has 6 rings (SSSR count). The van der Waals surface area contributed by atoms with Crippen LogP contribution in [-0.4, -0.2) is 29.0 Å². The summed E-state index contributed by atoms with van der Waals surface area (Å²) in [4.78, 5) is 41.2. The molecule has 0 radical (unpaired) electrons. The lowest BCUT2D eigenvalue weighted by Crippen LogP contribution is -2.35. The minimum absolute atomic E-state index is 0.0135. The number of fused-ring (bicyclic) bond motifs is 3. The van der Waals surface area contributed by atoms with Gasteiger partial charge in [0.2, 0.25) is 0 Å². The van der Waals surface area contributed by atoms with E-state index in [-0.39, 0.29) is 50.9 Å². The zero-order valence-electron chi connectivity index (χ0n) is 21.8. The summed E-state index contributed by atoms with van der Waals surface area (Å²) in [6.45, 7) is 1.95.